The standard InChI is InChI=1S/C12H21NS/c1-3-12(13-4-2)7-5-6-11-8-9-14-10-11/h8-10,12-13H,3-7H2,1-2H3. The van der Waals surface area contributed by atoms with Gasteiger partial charge < -0.3 is 5.32 Å². The molecule has 2 heteroatoms. The molecular weight excluding hydrogens is 190 g/mol. The molecule has 80 valence electrons. The minimum absolute atomic E-state index is 0.721. The van der Waals surface area contributed by atoms with Crippen LogP contribution in [0.2, 0.25) is 0 Å². The molecule has 1 heterocycles. The highest BCUT2D eigenvalue weighted by Gasteiger charge is 2.03. The van der Waals surface area contributed by atoms with Crippen LogP contribution in [0.1, 0.15) is 38.7 Å². The number of hydrogen-bond acceptors (Lipinski definition) is 2. The quantitative estimate of drug-likeness (QED) is 0.728. The zero-order valence-corrected chi connectivity index (χ0v) is 10.1. The van der Waals surface area contributed by atoms with Crippen molar-refractivity contribution in [3.63, 3.8) is 0 Å². The Morgan fingerprint density at radius 3 is 2.86 bits per heavy atom. The van der Waals surface area contributed by atoms with E-state index in [1.807, 2.05) is 0 Å². The molecule has 0 saturated heterocycles. The van der Waals surface area contributed by atoms with Gasteiger partial charge in [-0.25, -0.2) is 0 Å². The Kier molecular flexibility index (Phi) is 5.88. The molecule has 0 aliphatic carbocycles. The van der Waals surface area contributed by atoms with Crippen LogP contribution in [0.4, 0.5) is 0 Å². The molecule has 0 fully saturated rings. The van der Waals surface area contributed by atoms with Crippen molar-refractivity contribution in [2.45, 2.75) is 45.6 Å². The van der Waals surface area contributed by atoms with Crippen molar-refractivity contribution in [3.8, 4) is 0 Å². The van der Waals surface area contributed by atoms with E-state index < -0.39 is 0 Å². The third kappa shape index (κ3) is 4.25. The summed E-state index contributed by atoms with van der Waals surface area (Å²) in [7, 11) is 0. The van der Waals surface area contributed by atoms with Crippen LogP contribution in [0.3, 0.4) is 0 Å². The average Bonchev–Trinajstić information content (AvgIpc) is 2.69. The molecule has 0 aliphatic rings. The van der Waals surface area contributed by atoms with Gasteiger partial charge in [0.15, 0.2) is 0 Å². The lowest BCUT2D eigenvalue weighted by atomic mass is 10.1. The fourth-order valence-electron chi connectivity index (χ4n) is 1.73. The summed E-state index contributed by atoms with van der Waals surface area (Å²) in [5, 5.41) is 7.94. The molecule has 1 aromatic heterocycles. The normalized spacial score (nSPS) is 13.0. The molecular formula is C12H21NS. The summed E-state index contributed by atoms with van der Waals surface area (Å²) < 4.78 is 0. The monoisotopic (exact) mass is 211 g/mol. The van der Waals surface area contributed by atoms with Gasteiger partial charge in [0.25, 0.3) is 0 Å². The van der Waals surface area contributed by atoms with Crippen LogP contribution in [0.15, 0.2) is 16.8 Å². The van der Waals surface area contributed by atoms with Crippen molar-refractivity contribution in [1.29, 1.82) is 0 Å². The molecule has 1 aromatic rings. The van der Waals surface area contributed by atoms with Gasteiger partial charge in [0.1, 0.15) is 0 Å². The predicted molar refractivity (Wildman–Crippen MR) is 65.0 cm³/mol. The van der Waals surface area contributed by atoms with Gasteiger partial charge in [0.05, 0.1) is 0 Å². The van der Waals surface area contributed by atoms with E-state index in [1.165, 1.54) is 31.2 Å². The Labute approximate surface area is 91.5 Å². The van der Waals surface area contributed by atoms with Gasteiger partial charge in [-0.2, -0.15) is 11.3 Å². The van der Waals surface area contributed by atoms with Crippen molar-refractivity contribution in [3.05, 3.63) is 22.4 Å². The molecule has 1 N–H and O–H groups in total. The molecule has 1 unspecified atom stereocenters. The molecule has 0 aliphatic heterocycles. The van der Waals surface area contributed by atoms with E-state index in [4.69, 9.17) is 0 Å². The van der Waals surface area contributed by atoms with Crippen LogP contribution in [0.5, 0.6) is 0 Å². The Morgan fingerprint density at radius 1 is 1.43 bits per heavy atom. The van der Waals surface area contributed by atoms with Crippen molar-refractivity contribution in [1.82, 2.24) is 5.32 Å². The number of hydrogen-bond donors (Lipinski definition) is 1. The first-order valence-corrected chi connectivity index (χ1v) is 6.55. The molecule has 0 amide bonds. The molecule has 0 spiro atoms. The second-order valence-electron chi connectivity index (χ2n) is 3.69. The van der Waals surface area contributed by atoms with Crippen molar-refractivity contribution in [2.75, 3.05) is 6.54 Å². The van der Waals surface area contributed by atoms with Gasteiger partial charge in [0.2, 0.25) is 0 Å². The number of rotatable bonds is 7. The first kappa shape index (κ1) is 11.7. The number of thiophene rings is 1. The zero-order chi connectivity index (χ0) is 10.2. The Hall–Kier alpha value is -0.340. The average molecular weight is 211 g/mol. The Balaban J connectivity index is 2.13. The zero-order valence-electron chi connectivity index (χ0n) is 9.25. The van der Waals surface area contributed by atoms with Crippen LogP contribution in [-0.2, 0) is 6.42 Å². The lowest BCUT2D eigenvalue weighted by molar-refractivity contribution is 0.467. The topological polar surface area (TPSA) is 12.0 Å². The highest BCUT2D eigenvalue weighted by molar-refractivity contribution is 7.07. The van der Waals surface area contributed by atoms with E-state index in [0.29, 0.717) is 0 Å². The summed E-state index contributed by atoms with van der Waals surface area (Å²) in [5.74, 6) is 0. The Morgan fingerprint density at radius 2 is 2.29 bits per heavy atom. The minimum Gasteiger partial charge on any atom is -0.314 e. The second kappa shape index (κ2) is 7.02. The molecule has 0 aromatic carbocycles. The van der Waals surface area contributed by atoms with Crippen LogP contribution in [-0.4, -0.2) is 12.6 Å². The van der Waals surface area contributed by atoms with Gasteiger partial charge in [-0.05, 0) is 54.6 Å². The summed E-state index contributed by atoms with van der Waals surface area (Å²) >= 11 is 1.80. The fourth-order valence-corrected chi connectivity index (χ4v) is 2.43. The third-order valence-corrected chi connectivity index (χ3v) is 3.32. The van der Waals surface area contributed by atoms with Gasteiger partial charge in [0, 0.05) is 6.04 Å². The minimum atomic E-state index is 0.721. The van der Waals surface area contributed by atoms with Gasteiger partial charge in [-0.1, -0.05) is 13.8 Å². The smallest absolute Gasteiger partial charge is 0.00644 e. The van der Waals surface area contributed by atoms with Crippen LogP contribution in [0.25, 0.3) is 0 Å². The van der Waals surface area contributed by atoms with E-state index >= 15 is 0 Å². The van der Waals surface area contributed by atoms with Crippen LogP contribution < -0.4 is 5.32 Å². The number of aryl methyl sites for hydroxylation is 1. The maximum atomic E-state index is 3.51. The maximum absolute atomic E-state index is 3.51. The largest absolute Gasteiger partial charge is 0.314 e. The lowest BCUT2D eigenvalue weighted by Gasteiger charge is -2.14. The van der Waals surface area contributed by atoms with Crippen LogP contribution in [0, 0.1) is 0 Å². The van der Waals surface area contributed by atoms with E-state index in [1.54, 1.807) is 11.3 Å². The van der Waals surface area contributed by atoms with Crippen molar-refractivity contribution in [2.24, 2.45) is 0 Å². The summed E-state index contributed by atoms with van der Waals surface area (Å²) in [4.78, 5) is 0. The highest BCUT2D eigenvalue weighted by atomic mass is 32.1. The maximum Gasteiger partial charge on any atom is 0.00644 e. The summed E-state index contributed by atoms with van der Waals surface area (Å²) in [5.41, 5.74) is 1.50. The molecule has 1 nitrogen and oxygen atoms in total. The van der Waals surface area contributed by atoms with E-state index in [9.17, 15) is 0 Å². The summed E-state index contributed by atoms with van der Waals surface area (Å²) in [6, 6.07) is 2.96. The second-order valence-corrected chi connectivity index (χ2v) is 4.47. The van der Waals surface area contributed by atoms with Crippen molar-refractivity contribution >= 4 is 11.3 Å². The van der Waals surface area contributed by atoms with Gasteiger partial charge in [-0.15, -0.1) is 0 Å². The van der Waals surface area contributed by atoms with E-state index in [2.05, 4.69) is 36.0 Å². The molecule has 1 rings (SSSR count). The van der Waals surface area contributed by atoms with Crippen LogP contribution >= 0.6 is 11.3 Å². The first-order valence-electron chi connectivity index (χ1n) is 5.61. The third-order valence-electron chi connectivity index (χ3n) is 2.58. The van der Waals surface area contributed by atoms with Gasteiger partial charge >= 0.3 is 0 Å². The molecule has 14 heavy (non-hydrogen) atoms. The first-order chi connectivity index (χ1) is 6.86. The fraction of sp³-hybridized carbons (Fsp3) is 0.667. The lowest BCUT2D eigenvalue weighted by Crippen LogP contribution is -2.27. The number of nitrogens with one attached hydrogen (secondary N) is 1. The van der Waals surface area contributed by atoms with Crippen molar-refractivity contribution < 1.29 is 0 Å². The van der Waals surface area contributed by atoms with E-state index in [0.717, 1.165) is 12.6 Å². The SMILES string of the molecule is CCNC(CC)CCCc1ccsc1. The summed E-state index contributed by atoms with van der Waals surface area (Å²) in [6.07, 6.45) is 5.10. The Bertz CT molecular complexity index is 218. The molecule has 0 radical (unpaired) electrons. The predicted octanol–water partition coefficient (Wildman–Crippen LogP) is 3.46. The molecule has 1 atom stereocenters. The van der Waals surface area contributed by atoms with Gasteiger partial charge in [-0.3, -0.25) is 0 Å². The molecule has 0 bridgehead atoms. The summed E-state index contributed by atoms with van der Waals surface area (Å²) in [6.45, 7) is 5.54. The highest BCUT2D eigenvalue weighted by Crippen LogP contribution is 2.11. The molecule has 0 saturated carbocycles. The van der Waals surface area contributed by atoms with E-state index in [-0.39, 0.29) is 0 Å².